The standard InChI is InChI=1S/C8H14O3/c1-6(9)11-5-7-2-3-8(10)4-7/h7-8,10H,2-5H2,1H3. The van der Waals surface area contributed by atoms with Crippen molar-refractivity contribution in [3.63, 3.8) is 0 Å². The molecule has 1 fully saturated rings. The summed E-state index contributed by atoms with van der Waals surface area (Å²) in [5.41, 5.74) is 0. The molecule has 1 N–H and O–H groups in total. The summed E-state index contributed by atoms with van der Waals surface area (Å²) < 4.78 is 4.82. The predicted molar refractivity (Wildman–Crippen MR) is 40.0 cm³/mol. The molecule has 1 aliphatic carbocycles. The number of esters is 1. The van der Waals surface area contributed by atoms with Gasteiger partial charge in [0, 0.05) is 6.92 Å². The molecular weight excluding hydrogens is 144 g/mol. The van der Waals surface area contributed by atoms with Crippen LogP contribution in [0.25, 0.3) is 0 Å². The number of hydrogen-bond acceptors (Lipinski definition) is 3. The monoisotopic (exact) mass is 158 g/mol. The molecule has 3 heteroatoms. The summed E-state index contributed by atoms with van der Waals surface area (Å²) in [5, 5.41) is 9.12. The van der Waals surface area contributed by atoms with Crippen molar-refractivity contribution < 1.29 is 14.6 Å². The lowest BCUT2D eigenvalue weighted by Gasteiger charge is -2.07. The van der Waals surface area contributed by atoms with E-state index in [0.29, 0.717) is 12.5 Å². The fraction of sp³-hybridized carbons (Fsp3) is 0.875. The fourth-order valence-electron chi connectivity index (χ4n) is 1.44. The maximum Gasteiger partial charge on any atom is 0.302 e. The minimum Gasteiger partial charge on any atom is -0.466 e. The van der Waals surface area contributed by atoms with E-state index < -0.39 is 0 Å². The maximum atomic E-state index is 10.4. The first kappa shape index (κ1) is 8.53. The van der Waals surface area contributed by atoms with Crippen molar-refractivity contribution in [1.82, 2.24) is 0 Å². The van der Waals surface area contributed by atoms with Gasteiger partial charge in [-0.1, -0.05) is 0 Å². The van der Waals surface area contributed by atoms with Crippen molar-refractivity contribution in [3.05, 3.63) is 0 Å². The Balaban J connectivity index is 2.13. The number of rotatable bonds is 2. The Bertz CT molecular complexity index is 144. The summed E-state index contributed by atoms with van der Waals surface area (Å²) in [6, 6.07) is 0. The Labute approximate surface area is 66.4 Å². The molecule has 0 aromatic carbocycles. The molecule has 0 aliphatic heterocycles. The fourth-order valence-corrected chi connectivity index (χ4v) is 1.44. The largest absolute Gasteiger partial charge is 0.466 e. The van der Waals surface area contributed by atoms with E-state index in [9.17, 15) is 4.79 Å². The third-order valence-corrected chi connectivity index (χ3v) is 2.04. The van der Waals surface area contributed by atoms with Gasteiger partial charge in [-0.05, 0) is 25.2 Å². The van der Waals surface area contributed by atoms with Crippen LogP contribution in [-0.4, -0.2) is 23.8 Å². The van der Waals surface area contributed by atoms with E-state index >= 15 is 0 Å². The summed E-state index contributed by atoms with van der Waals surface area (Å²) in [5.74, 6) is 0.153. The lowest BCUT2D eigenvalue weighted by atomic mass is 10.1. The lowest BCUT2D eigenvalue weighted by Crippen LogP contribution is -2.10. The van der Waals surface area contributed by atoms with Crippen LogP contribution in [0, 0.1) is 5.92 Å². The highest BCUT2D eigenvalue weighted by Crippen LogP contribution is 2.25. The molecular formula is C8H14O3. The van der Waals surface area contributed by atoms with Gasteiger partial charge in [0.05, 0.1) is 12.7 Å². The van der Waals surface area contributed by atoms with Gasteiger partial charge in [-0.25, -0.2) is 0 Å². The number of hydrogen-bond donors (Lipinski definition) is 1. The molecule has 1 rings (SSSR count). The summed E-state index contributed by atoms with van der Waals surface area (Å²) >= 11 is 0. The Morgan fingerprint density at radius 1 is 1.64 bits per heavy atom. The molecule has 0 aromatic heterocycles. The molecule has 2 unspecified atom stereocenters. The highest BCUT2D eigenvalue weighted by molar-refractivity contribution is 5.65. The minimum atomic E-state index is -0.230. The first-order valence-corrected chi connectivity index (χ1v) is 4.00. The molecule has 2 atom stereocenters. The van der Waals surface area contributed by atoms with Crippen molar-refractivity contribution in [1.29, 1.82) is 0 Å². The molecule has 3 nitrogen and oxygen atoms in total. The van der Waals surface area contributed by atoms with E-state index in [4.69, 9.17) is 9.84 Å². The van der Waals surface area contributed by atoms with Crippen LogP contribution in [0.2, 0.25) is 0 Å². The number of carbonyl (C=O) groups is 1. The van der Waals surface area contributed by atoms with E-state index in [0.717, 1.165) is 19.3 Å². The average molecular weight is 158 g/mol. The summed E-state index contributed by atoms with van der Waals surface area (Å²) in [6.07, 6.45) is 2.45. The Kier molecular flexibility index (Phi) is 2.88. The van der Waals surface area contributed by atoms with E-state index in [1.807, 2.05) is 0 Å². The van der Waals surface area contributed by atoms with Gasteiger partial charge >= 0.3 is 5.97 Å². The second kappa shape index (κ2) is 3.72. The van der Waals surface area contributed by atoms with Crippen LogP contribution < -0.4 is 0 Å². The normalized spacial score (nSPS) is 30.4. The van der Waals surface area contributed by atoms with Crippen LogP contribution in [0.3, 0.4) is 0 Å². The molecule has 0 amide bonds. The van der Waals surface area contributed by atoms with Gasteiger partial charge in [0.1, 0.15) is 0 Å². The minimum absolute atomic E-state index is 0.171. The number of aliphatic hydroxyl groups is 1. The Hall–Kier alpha value is -0.570. The predicted octanol–water partition coefficient (Wildman–Crippen LogP) is 0.711. The summed E-state index contributed by atoms with van der Waals surface area (Å²) in [6.45, 7) is 1.89. The van der Waals surface area contributed by atoms with Crippen LogP contribution in [-0.2, 0) is 9.53 Å². The number of carbonyl (C=O) groups excluding carboxylic acids is 1. The van der Waals surface area contributed by atoms with Gasteiger partial charge < -0.3 is 9.84 Å². The van der Waals surface area contributed by atoms with E-state index in [1.54, 1.807) is 0 Å². The van der Waals surface area contributed by atoms with Crippen LogP contribution in [0.15, 0.2) is 0 Å². The van der Waals surface area contributed by atoms with E-state index in [-0.39, 0.29) is 12.1 Å². The Morgan fingerprint density at radius 2 is 2.36 bits per heavy atom. The van der Waals surface area contributed by atoms with Crippen LogP contribution >= 0.6 is 0 Å². The van der Waals surface area contributed by atoms with Crippen molar-refractivity contribution in [3.8, 4) is 0 Å². The first-order chi connectivity index (χ1) is 5.18. The van der Waals surface area contributed by atoms with Crippen molar-refractivity contribution in [2.24, 2.45) is 5.92 Å². The zero-order valence-corrected chi connectivity index (χ0v) is 6.75. The van der Waals surface area contributed by atoms with Gasteiger partial charge in [0.2, 0.25) is 0 Å². The second-order valence-corrected chi connectivity index (χ2v) is 3.14. The molecule has 0 radical (unpaired) electrons. The highest BCUT2D eigenvalue weighted by Gasteiger charge is 2.23. The van der Waals surface area contributed by atoms with Gasteiger partial charge in [-0.15, -0.1) is 0 Å². The topological polar surface area (TPSA) is 46.5 Å². The van der Waals surface area contributed by atoms with Crippen LogP contribution in [0.1, 0.15) is 26.2 Å². The quantitative estimate of drug-likeness (QED) is 0.602. The van der Waals surface area contributed by atoms with Crippen molar-refractivity contribution >= 4 is 5.97 Å². The summed E-state index contributed by atoms with van der Waals surface area (Å²) in [7, 11) is 0. The van der Waals surface area contributed by atoms with Crippen LogP contribution in [0.4, 0.5) is 0 Å². The molecule has 0 heterocycles. The van der Waals surface area contributed by atoms with Crippen LogP contribution in [0.5, 0.6) is 0 Å². The first-order valence-electron chi connectivity index (χ1n) is 4.00. The van der Waals surface area contributed by atoms with E-state index in [2.05, 4.69) is 0 Å². The third kappa shape index (κ3) is 2.89. The molecule has 64 valence electrons. The SMILES string of the molecule is CC(=O)OCC1CCC(O)C1. The second-order valence-electron chi connectivity index (χ2n) is 3.14. The third-order valence-electron chi connectivity index (χ3n) is 2.04. The maximum absolute atomic E-state index is 10.4. The van der Waals surface area contributed by atoms with Gasteiger partial charge in [0.25, 0.3) is 0 Å². The molecule has 0 spiro atoms. The smallest absolute Gasteiger partial charge is 0.302 e. The summed E-state index contributed by atoms with van der Waals surface area (Å²) in [4.78, 5) is 10.4. The van der Waals surface area contributed by atoms with Gasteiger partial charge in [0.15, 0.2) is 0 Å². The van der Waals surface area contributed by atoms with Gasteiger partial charge in [-0.3, -0.25) is 4.79 Å². The number of ether oxygens (including phenoxy) is 1. The molecule has 11 heavy (non-hydrogen) atoms. The van der Waals surface area contributed by atoms with E-state index in [1.165, 1.54) is 6.92 Å². The molecule has 0 aromatic rings. The highest BCUT2D eigenvalue weighted by atomic mass is 16.5. The average Bonchev–Trinajstić information content (AvgIpc) is 2.31. The van der Waals surface area contributed by atoms with Crippen molar-refractivity contribution in [2.45, 2.75) is 32.3 Å². The zero-order valence-electron chi connectivity index (χ0n) is 6.75. The molecule has 0 bridgehead atoms. The van der Waals surface area contributed by atoms with Crippen molar-refractivity contribution in [2.75, 3.05) is 6.61 Å². The molecule has 1 saturated carbocycles. The molecule has 1 aliphatic rings. The zero-order chi connectivity index (χ0) is 8.27. The number of aliphatic hydroxyl groups excluding tert-OH is 1. The lowest BCUT2D eigenvalue weighted by molar-refractivity contribution is -0.142. The molecule has 0 saturated heterocycles. The Morgan fingerprint density at radius 3 is 2.82 bits per heavy atom. The van der Waals surface area contributed by atoms with Gasteiger partial charge in [-0.2, -0.15) is 0 Å².